The highest BCUT2D eigenvalue weighted by Crippen LogP contribution is 2.18. The van der Waals surface area contributed by atoms with Crippen molar-refractivity contribution in [3.63, 3.8) is 0 Å². The SMILES string of the molecule is CCCCCCCCCCCCCc1cnc(-c2ccc(CCCCCC(C)C)cc2)nc1. The predicted molar refractivity (Wildman–Crippen MR) is 145 cm³/mol. The largest absolute Gasteiger partial charge is 0.236 e. The third kappa shape index (κ3) is 12.9. The van der Waals surface area contributed by atoms with E-state index in [2.05, 4.69) is 55.0 Å². The molecule has 0 saturated carbocycles. The van der Waals surface area contributed by atoms with Crippen molar-refractivity contribution >= 4 is 0 Å². The lowest BCUT2D eigenvalue weighted by molar-refractivity contribution is 0.527. The molecule has 0 atom stereocenters. The summed E-state index contributed by atoms with van der Waals surface area (Å²) in [5.41, 5.74) is 3.82. The molecule has 1 heterocycles. The second-order valence-electron chi connectivity index (χ2n) is 10.4. The number of nitrogens with zero attached hydrogens (tertiary/aromatic N) is 2. The fourth-order valence-electron chi connectivity index (χ4n) is 4.51. The van der Waals surface area contributed by atoms with E-state index in [0.717, 1.165) is 23.7 Å². The molecule has 0 amide bonds. The molecule has 0 N–H and O–H groups in total. The summed E-state index contributed by atoms with van der Waals surface area (Å²) in [5.74, 6) is 1.68. The second kappa shape index (κ2) is 17.7. The Kier molecular flexibility index (Phi) is 14.8. The molecule has 33 heavy (non-hydrogen) atoms. The van der Waals surface area contributed by atoms with E-state index in [1.54, 1.807) is 0 Å². The van der Waals surface area contributed by atoms with Crippen LogP contribution in [0.3, 0.4) is 0 Å². The third-order valence-electron chi connectivity index (χ3n) is 6.73. The Bertz CT molecular complexity index is 703. The van der Waals surface area contributed by atoms with Crippen LogP contribution in [0.5, 0.6) is 0 Å². The van der Waals surface area contributed by atoms with Gasteiger partial charge in [0.2, 0.25) is 0 Å². The number of hydrogen-bond donors (Lipinski definition) is 0. The van der Waals surface area contributed by atoms with Gasteiger partial charge in [0, 0.05) is 18.0 Å². The van der Waals surface area contributed by atoms with E-state index in [0.29, 0.717) is 0 Å². The van der Waals surface area contributed by atoms with Crippen molar-refractivity contribution in [2.24, 2.45) is 5.92 Å². The van der Waals surface area contributed by atoms with Crippen molar-refractivity contribution in [1.29, 1.82) is 0 Å². The van der Waals surface area contributed by atoms with Gasteiger partial charge in [-0.3, -0.25) is 0 Å². The molecular weight excluding hydrogens is 400 g/mol. The lowest BCUT2D eigenvalue weighted by Gasteiger charge is -2.06. The molecule has 2 aromatic rings. The molecule has 0 bridgehead atoms. The number of aromatic nitrogens is 2. The van der Waals surface area contributed by atoms with Crippen LogP contribution in [0.1, 0.15) is 128 Å². The van der Waals surface area contributed by atoms with Crippen LogP contribution < -0.4 is 0 Å². The van der Waals surface area contributed by atoms with Crippen molar-refractivity contribution < 1.29 is 0 Å². The van der Waals surface area contributed by atoms with Gasteiger partial charge in [-0.2, -0.15) is 0 Å². The van der Waals surface area contributed by atoms with Gasteiger partial charge in [-0.1, -0.05) is 129 Å². The number of benzene rings is 1. The first kappa shape index (κ1) is 27.5. The van der Waals surface area contributed by atoms with Gasteiger partial charge in [0.1, 0.15) is 0 Å². The maximum Gasteiger partial charge on any atom is 0.159 e. The van der Waals surface area contributed by atoms with Crippen LogP contribution >= 0.6 is 0 Å². The molecule has 2 nitrogen and oxygen atoms in total. The molecule has 0 radical (unpaired) electrons. The van der Waals surface area contributed by atoms with Crippen molar-refractivity contribution in [3.05, 3.63) is 47.8 Å². The molecule has 1 aromatic heterocycles. The zero-order valence-electron chi connectivity index (χ0n) is 22.0. The first-order valence-corrected chi connectivity index (χ1v) is 14.1. The third-order valence-corrected chi connectivity index (χ3v) is 6.73. The lowest BCUT2D eigenvalue weighted by Crippen LogP contribution is -1.94. The fourth-order valence-corrected chi connectivity index (χ4v) is 4.51. The number of unbranched alkanes of at least 4 members (excludes halogenated alkanes) is 12. The van der Waals surface area contributed by atoms with Gasteiger partial charge in [-0.05, 0) is 42.7 Å². The van der Waals surface area contributed by atoms with Crippen LogP contribution in [0, 0.1) is 5.92 Å². The summed E-state index contributed by atoms with van der Waals surface area (Å²) in [6.45, 7) is 6.91. The molecule has 0 aliphatic rings. The Morgan fingerprint density at radius 1 is 0.576 bits per heavy atom. The maximum atomic E-state index is 4.64. The topological polar surface area (TPSA) is 25.8 Å². The zero-order chi connectivity index (χ0) is 23.6. The average Bonchev–Trinajstić information content (AvgIpc) is 2.83. The van der Waals surface area contributed by atoms with Gasteiger partial charge in [-0.25, -0.2) is 9.97 Å². The van der Waals surface area contributed by atoms with Gasteiger partial charge in [0.05, 0.1) is 0 Å². The monoisotopic (exact) mass is 450 g/mol. The standard InChI is InChI=1S/C31H50N2/c1-4-5-6-7-8-9-10-11-12-13-16-20-29-25-32-31(33-26-29)30-23-21-28(22-24-30)19-17-14-15-18-27(2)3/h21-27H,4-20H2,1-3H3. The molecule has 2 rings (SSSR count). The van der Waals surface area contributed by atoms with E-state index in [1.165, 1.54) is 114 Å². The molecule has 0 unspecified atom stereocenters. The summed E-state index contributed by atoms with van der Waals surface area (Å²) in [5, 5.41) is 0. The van der Waals surface area contributed by atoms with Crippen LogP contribution in [0.2, 0.25) is 0 Å². The first-order chi connectivity index (χ1) is 16.2. The molecule has 0 aliphatic carbocycles. The average molecular weight is 451 g/mol. The smallest absolute Gasteiger partial charge is 0.159 e. The minimum Gasteiger partial charge on any atom is -0.236 e. The Hall–Kier alpha value is -1.70. The molecule has 0 saturated heterocycles. The first-order valence-electron chi connectivity index (χ1n) is 14.1. The van der Waals surface area contributed by atoms with Crippen molar-refractivity contribution in [2.75, 3.05) is 0 Å². The van der Waals surface area contributed by atoms with Crippen molar-refractivity contribution in [1.82, 2.24) is 9.97 Å². The minimum absolute atomic E-state index is 0.829. The summed E-state index contributed by atoms with van der Waals surface area (Å²) >= 11 is 0. The van der Waals surface area contributed by atoms with E-state index in [4.69, 9.17) is 0 Å². The lowest BCUT2D eigenvalue weighted by atomic mass is 10.0. The Labute approximate surface area is 205 Å². The second-order valence-corrected chi connectivity index (χ2v) is 10.4. The highest BCUT2D eigenvalue weighted by molar-refractivity contribution is 5.55. The van der Waals surface area contributed by atoms with Gasteiger partial charge in [-0.15, -0.1) is 0 Å². The minimum atomic E-state index is 0.829. The van der Waals surface area contributed by atoms with E-state index in [-0.39, 0.29) is 0 Å². The molecule has 0 fully saturated rings. The normalized spacial score (nSPS) is 11.4. The Balaban J connectivity index is 1.57. The number of aryl methyl sites for hydroxylation is 2. The van der Waals surface area contributed by atoms with Crippen LogP contribution in [-0.2, 0) is 12.8 Å². The quantitative estimate of drug-likeness (QED) is 0.199. The maximum absolute atomic E-state index is 4.64. The van der Waals surface area contributed by atoms with E-state index in [1.807, 2.05) is 12.4 Å². The summed E-state index contributed by atoms with van der Waals surface area (Å²) in [6, 6.07) is 8.87. The van der Waals surface area contributed by atoms with Crippen LogP contribution in [-0.4, -0.2) is 9.97 Å². The van der Waals surface area contributed by atoms with Gasteiger partial charge >= 0.3 is 0 Å². The van der Waals surface area contributed by atoms with Crippen molar-refractivity contribution in [3.8, 4) is 11.4 Å². The van der Waals surface area contributed by atoms with Crippen molar-refractivity contribution in [2.45, 2.75) is 130 Å². The van der Waals surface area contributed by atoms with Crippen LogP contribution in [0.4, 0.5) is 0 Å². The molecule has 184 valence electrons. The van der Waals surface area contributed by atoms with E-state index < -0.39 is 0 Å². The predicted octanol–water partition coefficient (Wildman–Crippen LogP) is 9.76. The number of rotatable bonds is 19. The fraction of sp³-hybridized carbons (Fsp3) is 0.677. The molecular formula is C31H50N2. The summed E-state index contributed by atoms with van der Waals surface area (Å²) in [7, 11) is 0. The molecule has 0 aliphatic heterocycles. The molecule has 1 aromatic carbocycles. The molecule has 2 heteroatoms. The Morgan fingerprint density at radius 2 is 1.06 bits per heavy atom. The zero-order valence-corrected chi connectivity index (χ0v) is 22.0. The van der Waals surface area contributed by atoms with Crippen LogP contribution in [0.15, 0.2) is 36.7 Å². The highest BCUT2D eigenvalue weighted by Gasteiger charge is 2.03. The summed E-state index contributed by atoms with van der Waals surface area (Å²) in [4.78, 5) is 9.28. The van der Waals surface area contributed by atoms with Gasteiger partial charge in [0.15, 0.2) is 5.82 Å². The van der Waals surface area contributed by atoms with Crippen LogP contribution in [0.25, 0.3) is 11.4 Å². The van der Waals surface area contributed by atoms with Gasteiger partial charge in [0.25, 0.3) is 0 Å². The van der Waals surface area contributed by atoms with E-state index >= 15 is 0 Å². The van der Waals surface area contributed by atoms with E-state index in [9.17, 15) is 0 Å². The Morgan fingerprint density at radius 3 is 1.61 bits per heavy atom. The highest BCUT2D eigenvalue weighted by atomic mass is 14.9. The summed E-state index contributed by atoms with van der Waals surface area (Å²) < 4.78 is 0. The van der Waals surface area contributed by atoms with Gasteiger partial charge < -0.3 is 0 Å². The number of hydrogen-bond acceptors (Lipinski definition) is 2. The summed E-state index contributed by atoms with van der Waals surface area (Å²) in [6.07, 6.45) is 26.9. The molecule has 0 spiro atoms.